The normalized spacial score (nSPS) is 11.3. The predicted octanol–water partition coefficient (Wildman–Crippen LogP) is 4.57. The van der Waals surface area contributed by atoms with Gasteiger partial charge in [0.1, 0.15) is 10.4 Å². The van der Waals surface area contributed by atoms with Crippen molar-refractivity contribution in [3.8, 4) is 11.3 Å². The first-order valence-corrected chi connectivity index (χ1v) is 7.86. The van der Waals surface area contributed by atoms with Crippen LogP contribution in [-0.4, -0.2) is 16.4 Å². The molecule has 0 atom stereocenters. The van der Waals surface area contributed by atoms with Gasteiger partial charge < -0.3 is 5.32 Å². The quantitative estimate of drug-likeness (QED) is 0.807. The molecule has 2 aromatic rings. The molecule has 1 N–H and O–H groups in total. The average molecular weight is 365 g/mol. The second-order valence-corrected chi connectivity index (χ2v) is 6.57. The zero-order valence-electron chi connectivity index (χ0n) is 12.8. The lowest BCUT2D eigenvalue weighted by Crippen LogP contribution is -2.42. The summed E-state index contributed by atoms with van der Waals surface area (Å²) in [5.74, 6) is -0.459. The van der Waals surface area contributed by atoms with Crippen LogP contribution in [0, 0.1) is 5.82 Å². The lowest BCUT2D eigenvalue weighted by Gasteiger charge is -2.24. The van der Waals surface area contributed by atoms with E-state index in [0.29, 0.717) is 15.9 Å². The van der Waals surface area contributed by atoms with Gasteiger partial charge in [0, 0.05) is 16.7 Å². The van der Waals surface area contributed by atoms with E-state index in [0.717, 1.165) is 12.0 Å². The Labute approximate surface area is 138 Å². The van der Waals surface area contributed by atoms with E-state index in [4.69, 9.17) is 0 Å². The highest BCUT2D eigenvalue weighted by Gasteiger charge is 2.19. The van der Waals surface area contributed by atoms with Gasteiger partial charge in [-0.1, -0.05) is 6.92 Å². The number of carbonyl (C=O) groups excluding carboxylic acids is 1. The van der Waals surface area contributed by atoms with E-state index in [1.54, 1.807) is 24.3 Å². The molecular weight excluding hydrogens is 347 g/mol. The molecule has 116 valence electrons. The number of nitrogens with zero attached hydrogens (tertiary/aromatic N) is 1. The smallest absolute Gasteiger partial charge is 0.251 e. The monoisotopic (exact) mass is 364 g/mol. The third-order valence-electron chi connectivity index (χ3n) is 3.53. The summed E-state index contributed by atoms with van der Waals surface area (Å²) < 4.78 is 13.6. The summed E-state index contributed by atoms with van der Waals surface area (Å²) in [6, 6.07) is 9.41. The van der Waals surface area contributed by atoms with Crippen LogP contribution in [-0.2, 0) is 0 Å². The van der Waals surface area contributed by atoms with Crippen molar-refractivity contribution in [2.75, 3.05) is 0 Å². The molecule has 0 aliphatic carbocycles. The number of hydrogen-bond acceptors (Lipinski definition) is 2. The molecular formula is C17H18BrFN2O. The summed E-state index contributed by atoms with van der Waals surface area (Å²) in [4.78, 5) is 16.7. The Morgan fingerprint density at radius 2 is 1.91 bits per heavy atom. The zero-order valence-corrected chi connectivity index (χ0v) is 14.4. The Kier molecular flexibility index (Phi) is 4.96. The van der Waals surface area contributed by atoms with Gasteiger partial charge in [-0.3, -0.25) is 4.79 Å². The largest absolute Gasteiger partial charge is 0.347 e. The molecule has 0 unspecified atom stereocenters. The number of aromatic nitrogens is 1. The topological polar surface area (TPSA) is 42.0 Å². The minimum Gasteiger partial charge on any atom is -0.347 e. The van der Waals surface area contributed by atoms with Crippen molar-refractivity contribution in [2.24, 2.45) is 0 Å². The van der Waals surface area contributed by atoms with Crippen LogP contribution in [0.2, 0.25) is 0 Å². The molecule has 3 nitrogen and oxygen atoms in total. The van der Waals surface area contributed by atoms with Crippen molar-refractivity contribution in [3.63, 3.8) is 0 Å². The predicted molar refractivity (Wildman–Crippen MR) is 89.2 cm³/mol. The van der Waals surface area contributed by atoms with Gasteiger partial charge in [0.15, 0.2) is 0 Å². The van der Waals surface area contributed by atoms with Crippen molar-refractivity contribution in [2.45, 2.75) is 32.7 Å². The first-order valence-electron chi connectivity index (χ1n) is 7.07. The SMILES string of the molecule is CCC(C)(C)NC(=O)c1cc(Br)nc(-c2ccc(F)cc2)c1. The molecule has 0 bridgehead atoms. The van der Waals surface area contributed by atoms with E-state index >= 15 is 0 Å². The molecule has 5 heteroatoms. The summed E-state index contributed by atoms with van der Waals surface area (Å²) in [6.45, 7) is 5.97. The second kappa shape index (κ2) is 6.57. The van der Waals surface area contributed by atoms with Gasteiger partial charge in [0.2, 0.25) is 0 Å². The molecule has 0 spiro atoms. The molecule has 1 amide bonds. The van der Waals surface area contributed by atoms with Crippen LogP contribution in [0.25, 0.3) is 11.3 Å². The number of pyridine rings is 1. The molecule has 0 aliphatic rings. The summed E-state index contributed by atoms with van der Waals surface area (Å²) >= 11 is 3.32. The highest BCUT2D eigenvalue weighted by molar-refractivity contribution is 9.10. The van der Waals surface area contributed by atoms with Crippen molar-refractivity contribution < 1.29 is 9.18 Å². The lowest BCUT2D eigenvalue weighted by molar-refractivity contribution is 0.0911. The van der Waals surface area contributed by atoms with Gasteiger partial charge in [0.25, 0.3) is 5.91 Å². The highest BCUT2D eigenvalue weighted by atomic mass is 79.9. The van der Waals surface area contributed by atoms with E-state index in [9.17, 15) is 9.18 Å². The first kappa shape index (κ1) is 16.6. The number of nitrogens with one attached hydrogen (secondary N) is 1. The highest BCUT2D eigenvalue weighted by Crippen LogP contribution is 2.22. The van der Waals surface area contributed by atoms with Crippen molar-refractivity contribution in [1.82, 2.24) is 10.3 Å². The Morgan fingerprint density at radius 1 is 1.27 bits per heavy atom. The minimum atomic E-state index is -0.304. The molecule has 0 saturated heterocycles. The number of rotatable bonds is 4. The molecule has 1 heterocycles. The fourth-order valence-corrected chi connectivity index (χ4v) is 2.30. The van der Waals surface area contributed by atoms with Crippen molar-refractivity contribution in [1.29, 1.82) is 0 Å². The van der Waals surface area contributed by atoms with E-state index in [1.165, 1.54) is 12.1 Å². The Bertz CT molecular complexity index is 684. The standard InChI is InChI=1S/C17H18BrFN2O/c1-4-17(2,3)21-16(22)12-9-14(20-15(18)10-12)11-5-7-13(19)8-6-11/h5-10H,4H2,1-3H3,(H,21,22). The number of hydrogen-bond donors (Lipinski definition) is 1. The van der Waals surface area contributed by atoms with E-state index in [1.807, 2.05) is 20.8 Å². The van der Waals surface area contributed by atoms with E-state index < -0.39 is 0 Å². The third kappa shape index (κ3) is 4.13. The van der Waals surface area contributed by atoms with Crippen LogP contribution in [0.3, 0.4) is 0 Å². The minimum absolute atomic E-state index is 0.154. The molecule has 0 aliphatic heterocycles. The Morgan fingerprint density at radius 3 is 2.50 bits per heavy atom. The van der Waals surface area contributed by atoms with E-state index in [-0.39, 0.29) is 17.3 Å². The third-order valence-corrected chi connectivity index (χ3v) is 3.94. The molecule has 22 heavy (non-hydrogen) atoms. The van der Waals surface area contributed by atoms with Crippen LogP contribution in [0.15, 0.2) is 41.0 Å². The Hall–Kier alpha value is -1.75. The summed E-state index contributed by atoms with van der Waals surface area (Å²) in [5, 5.41) is 2.99. The fraction of sp³-hybridized carbons (Fsp3) is 0.294. The van der Waals surface area contributed by atoms with Crippen LogP contribution in [0.1, 0.15) is 37.6 Å². The zero-order chi connectivity index (χ0) is 16.3. The van der Waals surface area contributed by atoms with Crippen LogP contribution < -0.4 is 5.32 Å². The molecule has 1 aromatic carbocycles. The van der Waals surface area contributed by atoms with Crippen molar-refractivity contribution >= 4 is 21.8 Å². The maximum Gasteiger partial charge on any atom is 0.251 e. The maximum atomic E-state index is 13.0. The maximum absolute atomic E-state index is 13.0. The molecule has 1 aromatic heterocycles. The first-order chi connectivity index (χ1) is 10.3. The second-order valence-electron chi connectivity index (χ2n) is 5.76. The van der Waals surface area contributed by atoms with Crippen molar-refractivity contribution in [3.05, 3.63) is 52.4 Å². The van der Waals surface area contributed by atoms with Gasteiger partial charge in [-0.05, 0) is 72.6 Å². The van der Waals surface area contributed by atoms with Crippen LogP contribution in [0.5, 0.6) is 0 Å². The molecule has 0 saturated carbocycles. The molecule has 2 rings (SSSR count). The summed E-state index contributed by atoms with van der Waals surface area (Å²) in [5.41, 5.74) is 1.62. The molecule has 0 fully saturated rings. The fourth-order valence-electron chi connectivity index (χ4n) is 1.86. The number of amides is 1. The van der Waals surface area contributed by atoms with Crippen LogP contribution in [0.4, 0.5) is 4.39 Å². The van der Waals surface area contributed by atoms with Gasteiger partial charge in [-0.25, -0.2) is 9.37 Å². The lowest BCUT2D eigenvalue weighted by atomic mass is 10.0. The van der Waals surface area contributed by atoms with Gasteiger partial charge in [0.05, 0.1) is 5.69 Å². The van der Waals surface area contributed by atoms with Gasteiger partial charge in [-0.15, -0.1) is 0 Å². The summed E-state index contributed by atoms with van der Waals surface area (Å²) in [7, 11) is 0. The van der Waals surface area contributed by atoms with E-state index in [2.05, 4.69) is 26.2 Å². The van der Waals surface area contributed by atoms with Crippen LogP contribution >= 0.6 is 15.9 Å². The number of benzene rings is 1. The molecule has 0 radical (unpaired) electrons. The van der Waals surface area contributed by atoms with Gasteiger partial charge >= 0.3 is 0 Å². The number of halogens is 2. The Balaban J connectivity index is 2.34. The number of carbonyl (C=O) groups is 1. The van der Waals surface area contributed by atoms with Gasteiger partial charge in [-0.2, -0.15) is 0 Å². The average Bonchev–Trinajstić information content (AvgIpc) is 2.47. The summed E-state index contributed by atoms with van der Waals surface area (Å²) in [6.07, 6.45) is 0.829.